The van der Waals surface area contributed by atoms with Crippen LogP contribution < -0.4 is 10.2 Å². The highest BCUT2D eigenvalue weighted by Gasteiger charge is 2.28. The number of aromatic nitrogens is 3. The molecule has 4 rings (SSSR count). The molecule has 2 aromatic heterocycles. The van der Waals surface area contributed by atoms with Crippen molar-refractivity contribution in [1.29, 1.82) is 0 Å². The van der Waals surface area contributed by atoms with Gasteiger partial charge in [-0.1, -0.05) is 36.3 Å². The minimum atomic E-state index is -0.402. The van der Waals surface area contributed by atoms with E-state index in [1.54, 1.807) is 0 Å². The molecule has 1 aromatic carbocycles. The van der Waals surface area contributed by atoms with E-state index < -0.39 is 4.92 Å². The number of aryl methyl sites for hydroxylation is 1. The molecule has 0 atom stereocenters. The number of nitro groups is 1. The van der Waals surface area contributed by atoms with Crippen molar-refractivity contribution in [1.82, 2.24) is 15.0 Å². The summed E-state index contributed by atoms with van der Waals surface area (Å²) >= 11 is 1.45. The van der Waals surface area contributed by atoms with Crippen molar-refractivity contribution in [3.8, 4) is 0 Å². The number of fused-ring (bicyclic) bond motifs is 1. The molecule has 8 nitrogen and oxygen atoms in total. The van der Waals surface area contributed by atoms with Gasteiger partial charge in [0.15, 0.2) is 5.13 Å². The molecule has 1 fully saturated rings. The van der Waals surface area contributed by atoms with Crippen molar-refractivity contribution < 1.29 is 4.92 Å². The number of nitrogens with zero attached hydrogens (tertiary/aromatic N) is 5. The summed E-state index contributed by atoms with van der Waals surface area (Å²) in [6.45, 7) is 3.55. The van der Waals surface area contributed by atoms with E-state index in [1.807, 2.05) is 30.0 Å². The normalized spacial score (nSPS) is 14.9. The third kappa shape index (κ3) is 3.55. The average Bonchev–Trinajstić information content (AvgIpc) is 2.88. The lowest BCUT2D eigenvalue weighted by molar-refractivity contribution is -0.383. The second-order valence-electron chi connectivity index (χ2n) is 6.62. The van der Waals surface area contributed by atoms with Gasteiger partial charge in [-0.2, -0.15) is 0 Å². The summed E-state index contributed by atoms with van der Waals surface area (Å²) in [6.07, 6.45) is 5.70. The quantitative estimate of drug-likeness (QED) is 0.525. The Morgan fingerprint density at radius 3 is 2.67 bits per heavy atom. The number of nitrogens with one attached hydrogen (secondary N) is 1. The third-order valence-electron chi connectivity index (χ3n) is 4.74. The first-order valence-electron chi connectivity index (χ1n) is 9.01. The van der Waals surface area contributed by atoms with Gasteiger partial charge in [0, 0.05) is 13.1 Å². The molecule has 1 N–H and O–H groups in total. The fourth-order valence-electron chi connectivity index (χ4n) is 3.38. The number of hydrogen-bond donors (Lipinski definition) is 1. The van der Waals surface area contributed by atoms with Crippen LogP contribution in [0, 0.1) is 17.0 Å². The van der Waals surface area contributed by atoms with E-state index in [0.29, 0.717) is 10.9 Å². The smallest absolute Gasteiger partial charge is 0.351 e. The number of para-hydroxylation sites is 1. The average molecular weight is 384 g/mol. The lowest BCUT2D eigenvalue weighted by Gasteiger charge is -2.21. The summed E-state index contributed by atoms with van der Waals surface area (Å²) in [4.78, 5) is 26.4. The van der Waals surface area contributed by atoms with Crippen LogP contribution in [-0.2, 0) is 0 Å². The predicted molar refractivity (Wildman–Crippen MR) is 107 cm³/mol. The number of anilines is 3. The molecule has 1 saturated heterocycles. The highest BCUT2D eigenvalue weighted by molar-refractivity contribution is 7.22. The van der Waals surface area contributed by atoms with Crippen molar-refractivity contribution in [2.75, 3.05) is 23.3 Å². The standard InChI is InChI=1S/C18H20N6O2S/c1-12-7-6-8-13-14(12)21-18(27-13)22-16-15(24(25)26)17(20-11-19-16)23-9-4-2-3-5-10-23/h6-8,11H,2-5,9-10H2,1H3,(H,19,20,21,22). The molecular weight excluding hydrogens is 364 g/mol. The van der Waals surface area contributed by atoms with Gasteiger partial charge in [-0.05, 0) is 31.4 Å². The largest absolute Gasteiger partial charge is 0.353 e. The Morgan fingerprint density at radius 2 is 1.96 bits per heavy atom. The van der Waals surface area contributed by atoms with Crippen LogP contribution in [0.1, 0.15) is 31.2 Å². The Hall–Kier alpha value is -2.81. The topological polar surface area (TPSA) is 97.1 Å². The number of thiazole rings is 1. The van der Waals surface area contributed by atoms with Crippen molar-refractivity contribution in [3.63, 3.8) is 0 Å². The Kier molecular flexibility index (Phi) is 4.85. The molecule has 0 amide bonds. The lowest BCUT2D eigenvalue weighted by Crippen LogP contribution is -2.26. The minimum absolute atomic E-state index is 0.0876. The van der Waals surface area contributed by atoms with Crippen LogP contribution in [0.5, 0.6) is 0 Å². The zero-order valence-corrected chi connectivity index (χ0v) is 15.8. The van der Waals surface area contributed by atoms with E-state index in [1.165, 1.54) is 17.7 Å². The molecule has 0 spiro atoms. The van der Waals surface area contributed by atoms with Crippen molar-refractivity contribution in [3.05, 3.63) is 40.2 Å². The van der Waals surface area contributed by atoms with E-state index in [2.05, 4.69) is 20.3 Å². The van der Waals surface area contributed by atoms with Crippen LogP contribution in [0.3, 0.4) is 0 Å². The minimum Gasteiger partial charge on any atom is -0.351 e. The zero-order chi connectivity index (χ0) is 18.8. The Morgan fingerprint density at radius 1 is 1.19 bits per heavy atom. The molecule has 3 aromatic rings. The zero-order valence-electron chi connectivity index (χ0n) is 15.0. The molecule has 0 radical (unpaired) electrons. The maximum absolute atomic E-state index is 11.8. The van der Waals surface area contributed by atoms with Gasteiger partial charge in [0.05, 0.1) is 15.1 Å². The van der Waals surface area contributed by atoms with Gasteiger partial charge in [-0.15, -0.1) is 0 Å². The molecule has 0 aliphatic carbocycles. The van der Waals surface area contributed by atoms with Crippen LogP contribution in [0.2, 0.25) is 0 Å². The monoisotopic (exact) mass is 384 g/mol. The summed E-state index contributed by atoms with van der Waals surface area (Å²) in [5.41, 5.74) is 1.88. The maximum atomic E-state index is 11.8. The van der Waals surface area contributed by atoms with Gasteiger partial charge < -0.3 is 10.2 Å². The van der Waals surface area contributed by atoms with E-state index in [-0.39, 0.29) is 11.5 Å². The van der Waals surface area contributed by atoms with Crippen molar-refractivity contribution in [2.45, 2.75) is 32.6 Å². The van der Waals surface area contributed by atoms with Crippen LogP contribution in [0.4, 0.5) is 22.5 Å². The van der Waals surface area contributed by atoms with Crippen LogP contribution in [0.25, 0.3) is 10.2 Å². The second kappa shape index (κ2) is 7.43. The molecule has 0 saturated carbocycles. The van der Waals surface area contributed by atoms with Gasteiger partial charge in [-0.25, -0.2) is 15.0 Å². The van der Waals surface area contributed by atoms with E-state index in [4.69, 9.17) is 0 Å². The molecule has 3 heterocycles. The third-order valence-corrected chi connectivity index (χ3v) is 5.67. The first kappa shape index (κ1) is 17.6. The molecule has 0 unspecified atom stereocenters. The summed E-state index contributed by atoms with van der Waals surface area (Å²) in [5, 5.41) is 15.5. The SMILES string of the molecule is Cc1cccc2sc(Nc3ncnc(N4CCCCCC4)c3[N+](=O)[O-])nc12. The molecule has 1 aliphatic rings. The van der Waals surface area contributed by atoms with Crippen molar-refractivity contribution in [2.24, 2.45) is 0 Å². The van der Waals surface area contributed by atoms with Gasteiger partial charge in [0.1, 0.15) is 6.33 Å². The van der Waals surface area contributed by atoms with Crippen molar-refractivity contribution >= 4 is 44.0 Å². The Bertz CT molecular complexity index is 981. The number of rotatable bonds is 4. The number of benzene rings is 1. The van der Waals surface area contributed by atoms with Gasteiger partial charge >= 0.3 is 5.69 Å². The first-order chi connectivity index (χ1) is 13.1. The van der Waals surface area contributed by atoms with E-state index in [0.717, 1.165) is 54.6 Å². The summed E-state index contributed by atoms with van der Waals surface area (Å²) < 4.78 is 1.03. The lowest BCUT2D eigenvalue weighted by atomic mass is 10.2. The molecule has 1 aliphatic heterocycles. The molecule has 0 bridgehead atoms. The predicted octanol–water partition coefficient (Wildman–Crippen LogP) is 4.43. The van der Waals surface area contributed by atoms with Crippen LogP contribution in [-0.4, -0.2) is 33.0 Å². The van der Waals surface area contributed by atoms with Crippen LogP contribution in [0.15, 0.2) is 24.5 Å². The fraction of sp³-hybridized carbons (Fsp3) is 0.389. The van der Waals surface area contributed by atoms with Crippen LogP contribution >= 0.6 is 11.3 Å². The highest BCUT2D eigenvalue weighted by Crippen LogP contribution is 2.36. The van der Waals surface area contributed by atoms with Gasteiger partial charge in [0.2, 0.25) is 11.6 Å². The van der Waals surface area contributed by atoms with E-state index >= 15 is 0 Å². The molecular formula is C18H20N6O2S. The summed E-state index contributed by atoms with van der Waals surface area (Å²) in [5.74, 6) is 0.572. The summed E-state index contributed by atoms with van der Waals surface area (Å²) in [7, 11) is 0. The fourth-order valence-corrected chi connectivity index (χ4v) is 4.33. The molecule has 27 heavy (non-hydrogen) atoms. The number of hydrogen-bond acceptors (Lipinski definition) is 8. The first-order valence-corrected chi connectivity index (χ1v) is 9.82. The summed E-state index contributed by atoms with van der Waals surface area (Å²) in [6, 6.07) is 5.96. The van der Waals surface area contributed by atoms with Gasteiger partial charge in [0.25, 0.3) is 0 Å². The molecule has 9 heteroatoms. The Labute approximate surface area is 160 Å². The Balaban J connectivity index is 1.72. The molecule has 140 valence electrons. The van der Waals surface area contributed by atoms with Gasteiger partial charge in [-0.3, -0.25) is 10.1 Å². The van der Waals surface area contributed by atoms with E-state index in [9.17, 15) is 10.1 Å². The maximum Gasteiger partial charge on any atom is 0.353 e. The second-order valence-corrected chi connectivity index (χ2v) is 7.65. The highest BCUT2D eigenvalue weighted by atomic mass is 32.1.